The molecule has 12 heavy (non-hydrogen) atoms. The highest BCUT2D eigenvalue weighted by molar-refractivity contribution is 7.11. The topological polar surface area (TPSA) is 38.9 Å². The Labute approximate surface area is 72.4 Å². The second-order valence-corrected chi connectivity index (χ2v) is 4.33. The largest absolute Gasteiger partial charge is 0.316 e. The van der Waals surface area contributed by atoms with E-state index in [0.717, 1.165) is 5.01 Å². The molecule has 1 fully saturated rings. The summed E-state index contributed by atoms with van der Waals surface area (Å²) < 4.78 is 25.5. The van der Waals surface area contributed by atoms with Crippen LogP contribution in [-0.2, 0) is 5.54 Å². The molecule has 0 bridgehead atoms. The first-order valence-corrected chi connectivity index (χ1v) is 4.37. The molecule has 0 spiro atoms. The number of nitrogens with two attached hydrogens (primary N) is 1. The molecule has 2 N–H and O–H groups in total. The van der Waals surface area contributed by atoms with Crippen LogP contribution in [0.15, 0.2) is 6.20 Å². The number of hydrogen-bond donors (Lipinski definition) is 1. The van der Waals surface area contributed by atoms with E-state index in [0.29, 0.717) is 4.88 Å². The van der Waals surface area contributed by atoms with Crippen LogP contribution in [0, 0.1) is 6.92 Å². The van der Waals surface area contributed by atoms with Crippen LogP contribution in [0.25, 0.3) is 0 Å². The van der Waals surface area contributed by atoms with Gasteiger partial charge in [-0.05, 0) is 6.92 Å². The molecule has 2 nitrogen and oxygen atoms in total. The van der Waals surface area contributed by atoms with Gasteiger partial charge >= 0.3 is 0 Å². The molecule has 0 aromatic carbocycles. The molecule has 0 amide bonds. The normalized spacial score (nSPS) is 32.0. The Balaban J connectivity index is 2.34. The van der Waals surface area contributed by atoms with Crippen molar-refractivity contribution in [3.63, 3.8) is 0 Å². The minimum Gasteiger partial charge on any atom is -0.316 e. The van der Waals surface area contributed by atoms with Crippen molar-refractivity contribution in [2.75, 3.05) is 0 Å². The van der Waals surface area contributed by atoms with Gasteiger partial charge in [0.05, 0.1) is 9.88 Å². The van der Waals surface area contributed by atoms with E-state index in [2.05, 4.69) is 4.98 Å². The SMILES string of the molecule is Cc1ncc(C2(N)CC2(F)F)s1. The van der Waals surface area contributed by atoms with Crippen molar-refractivity contribution in [2.45, 2.75) is 24.8 Å². The molecule has 1 heterocycles. The van der Waals surface area contributed by atoms with Gasteiger partial charge in [0.1, 0.15) is 5.54 Å². The lowest BCUT2D eigenvalue weighted by atomic mass is 10.2. The molecule has 5 heteroatoms. The monoisotopic (exact) mass is 190 g/mol. The van der Waals surface area contributed by atoms with Crippen LogP contribution < -0.4 is 5.73 Å². The molecule has 0 radical (unpaired) electrons. The fourth-order valence-corrected chi connectivity index (χ4v) is 2.07. The maximum absolute atomic E-state index is 12.7. The van der Waals surface area contributed by atoms with E-state index in [9.17, 15) is 8.78 Å². The van der Waals surface area contributed by atoms with E-state index in [1.165, 1.54) is 17.5 Å². The molecular weight excluding hydrogens is 182 g/mol. The number of thiazole rings is 1. The Bertz CT molecular complexity index is 323. The number of nitrogens with zero attached hydrogens (tertiary/aromatic N) is 1. The van der Waals surface area contributed by atoms with Crippen LogP contribution >= 0.6 is 11.3 Å². The van der Waals surface area contributed by atoms with Crippen molar-refractivity contribution >= 4 is 11.3 Å². The van der Waals surface area contributed by atoms with Gasteiger partial charge in [-0.1, -0.05) is 0 Å². The van der Waals surface area contributed by atoms with Crippen LogP contribution in [0.2, 0.25) is 0 Å². The lowest BCUT2D eigenvalue weighted by Crippen LogP contribution is -2.25. The van der Waals surface area contributed by atoms with E-state index >= 15 is 0 Å². The molecule has 2 rings (SSSR count). The standard InChI is InChI=1S/C7H8F2N2S/c1-4-11-2-5(12-4)6(10)3-7(6,8)9/h2H,3,10H2,1H3. The minimum absolute atomic E-state index is 0.248. The molecule has 0 aliphatic heterocycles. The summed E-state index contributed by atoms with van der Waals surface area (Å²) in [6.45, 7) is 1.78. The van der Waals surface area contributed by atoms with Crippen LogP contribution in [0.1, 0.15) is 16.3 Å². The molecule has 1 aliphatic carbocycles. The number of alkyl halides is 2. The Kier molecular flexibility index (Phi) is 1.36. The molecule has 1 unspecified atom stereocenters. The first-order valence-electron chi connectivity index (χ1n) is 3.55. The zero-order chi connectivity index (χ0) is 8.98. The number of rotatable bonds is 1. The third-order valence-electron chi connectivity index (χ3n) is 2.09. The highest BCUT2D eigenvalue weighted by atomic mass is 32.1. The Morgan fingerprint density at radius 1 is 1.67 bits per heavy atom. The summed E-state index contributed by atoms with van der Waals surface area (Å²) in [7, 11) is 0. The van der Waals surface area contributed by atoms with Crippen molar-refractivity contribution in [2.24, 2.45) is 5.73 Å². The highest BCUT2D eigenvalue weighted by Gasteiger charge is 2.70. The second-order valence-electron chi connectivity index (χ2n) is 3.10. The highest BCUT2D eigenvalue weighted by Crippen LogP contribution is 2.58. The maximum atomic E-state index is 12.7. The molecule has 0 saturated heterocycles. The Morgan fingerprint density at radius 2 is 2.25 bits per heavy atom. The van der Waals surface area contributed by atoms with Gasteiger partial charge < -0.3 is 5.73 Å². The first-order chi connectivity index (χ1) is 5.46. The van der Waals surface area contributed by atoms with Gasteiger partial charge in [0.2, 0.25) is 0 Å². The third-order valence-corrected chi connectivity index (χ3v) is 3.18. The summed E-state index contributed by atoms with van der Waals surface area (Å²) in [5.74, 6) is -2.73. The quantitative estimate of drug-likeness (QED) is 0.731. The van der Waals surface area contributed by atoms with Crippen LogP contribution in [0.3, 0.4) is 0 Å². The van der Waals surface area contributed by atoms with E-state index < -0.39 is 11.5 Å². The van der Waals surface area contributed by atoms with Gasteiger partial charge in [-0.15, -0.1) is 11.3 Å². The number of aryl methyl sites for hydroxylation is 1. The van der Waals surface area contributed by atoms with E-state index in [1.54, 1.807) is 6.92 Å². The minimum atomic E-state index is -2.73. The van der Waals surface area contributed by atoms with Gasteiger partial charge in [0.25, 0.3) is 5.92 Å². The molecule has 1 aliphatic rings. The van der Waals surface area contributed by atoms with Crippen molar-refractivity contribution in [1.82, 2.24) is 4.98 Å². The van der Waals surface area contributed by atoms with Crippen LogP contribution in [0.4, 0.5) is 8.78 Å². The van der Waals surface area contributed by atoms with Gasteiger partial charge in [0, 0.05) is 12.6 Å². The molecule has 1 saturated carbocycles. The summed E-state index contributed by atoms with van der Waals surface area (Å²) in [6.07, 6.45) is 1.20. The van der Waals surface area contributed by atoms with Crippen molar-refractivity contribution in [3.05, 3.63) is 16.1 Å². The van der Waals surface area contributed by atoms with Gasteiger partial charge in [-0.25, -0.2) is 13.8 Å². The van der Waals surface area contributed by atoms with Gasteiger partial charge in [-0.3, -0.25) is 0 Å². The molecular formula is C7H8F2N2S. The predicted molar refractivity (Wildman–Crippen MR) is 42.3 cm³/mol. The summed E-state index contributed by atoms with van der Waals surface area (Å²) in [5.41, 5.74) is 4.06. The molecule has 1 atom stereocenters. The third kappa shape index (κ3) is 0.895. The smallest absolute Gasteiger partial charge is 0.273 e. The van der Waals surface area contributed by atoms with Crippen molar-refractivity contribution in [3.8, 4) is 0 Å². The van der Waals surface area contributed by atoms with Gasteiger partial charge in [-0.2, -0.15) is 0 Å². The van der Waals surface area contributed by atoms with Crippen molar-refractivity contribution < 1.29 is 8.78 Å². The fourth-order valence-electron chi connectivity index (χ4n) is 1.14. The van der Waals surface area contributed by atoms with E-state index in [1.807, 2.05) is 0 Å². The van der Waals surface area contributed by atoms with Crippen LogP contribution in [-0.4, -0.2) is 10.9 Å². The average molecular weight is 190 g/mol. The van der Waals surface area contributed by atoms with E-state index in [-0.39, 0.29) is 6.42 Å². The second kappa shape index (κ2) is 2.03. The summed E-state index contributed by atoms with van der Waals surface area (Å²) in [5, 5.41) is 0.775. The van der Waals surface area contributed by atoms with Crippen molar-refractivity contribution in [1.29, 1.82) is 0 Å². The number of hydrogen-bond acceptors (Lipinski definition) is 3. The lowest BCUT2D eigenvalue weighted by Gasteiger charge is -2.05. The lowest BCUT2D eigenvalue weighted by molar-refractivity contribution is 0.0899. The van der Waals surface area contributed by atoms with Crippen LogP contribution in [0.5, 0.6) is 0 Å². The summed E-state index contributed by atoms with van der Waals surface area (Å²) in [6, 6.07) is 0. The van der Waals surface area contributed by atoms with E-state index in [4.69, 9.17) is 5.73 Å². The first kappa shape index (κ1) is 8.07. The summed E-state index contributed by atoms with van der Waals surface area (Å²) >= 11 is 1.24. The zero-order valence-corrected chi connectivity index (χ0v) is 7.29. The molecule has 1 aromatic rings. The fraction of sp³-hybridized carbons (Fsp3) is 0.571. The summed E-state index contributed by atoms with van der Waals surface area (Å²) in [4.78, 5) is 4.38. The Morgan fingerprint density at radius 3 is 2.58 bits per heavy atom. The zero-order valence-electron chi connectivity index (χ0n) is 6.47. The van der Waals surface area contributed by atoms with Gasteiger partial charge in [0.15, 0.2) is 0 Å². The molecule has 1 aromatic heterocycles. The maximum Gasteiger partial charge on any atom is 0.273 e. The number of halogens is 2. The average Bonchev–Trinajstić information content (AvgIpc) is 2.37. The predicted octanol–water partition coefficient (Wildman–Crippen LogP) is 1.64. The Hall–Kier alpha value is -0.550. The number of aromatic nitrogens is 1. The molecule has 66 valence electrons.